The van der Waals surface area contributed by atoms with Gasteiger partial charge >= 0.3 is 0 Å². The summed E-state index contributed by atoms with van der Waals surface area (Å²) in [6.45, 7) is 2.14. The molecule has 0 aromatic heterocycles. The van der Waals surface area contributed by atoms with Crippen LogP contribution in [-0.2, 0) is 0 Å². The minimum absolute atomic E-state index is 1.11. The highest BCUT2D eigenvalue weighted by atomic mass is 32.2. The van der Waals surface area contributed by atoms with Crippen molar-refractivity contribution in [3.05, 3.63) is 29.1 Å². The summed E-state index contributed by atoms with van der Waals surface area (Å²) in [6.07, 6.45) is 9.92. The van der Waals surface area contributed by atoms with Crippen molar-refractivity contribution in [3.63, 3.8) is 0 Å². The third-order valence-electron chi connectivity index (χ3n) is 1.36. The average Bonchev–Trinajstić information content (AvgIpc) is 1.88. The summed E-state index contributed by atoms with van der Waals surface area (Å²) in [4.78, 5) is 1.40. The molecule has 0 fully saturated rings. The van der Waals surface area contributed by atoms with E-state index in [0.29, 0.717) is 0 Å². The predicted molar refractivity (Wildman–Crippen MR) is 44.3 cm³/mol. The van der Waals surface area contributed by atoms with Crippen molar-refractivity contribution in [1.29, 1.82) is 0 Å². The largest absolute Gasteiger partial charge is 0.130 e. The fourth-order valence-electron chi connectivity index (χ4n) is 0.845. The zero-order valence-corrected chi connectivity index (χ0v) is 6.66. The Labute approximate surface area is 61.0 Å². The molecule has 1 aliphatic rings. The summed E-state index contributed by atoms with van der Waals surface area (Å²) in [5.74, 6) is 0. The Bertz CT molecular complexity index is 154. The molecular weight excluding hydrogens is 128 g/mol. The number of hydrogen-bond acceptors (Lipinski definition) is 1. The van der Waals surface area contributed by atoms with Gasteiger partial charge in [-0.2, -0.15) is 0 Å². The molecule has 0 aromatic carbocycles. The third-order valence-corrected chi connectivity index (χ3v) is 2.12. The smallest absolute Gasteiger partial charge is 0.00289 e. The Morgan fingerprint density at radius 1 is 1.56 bits per heavy atom. The molecule has 0 bridgehead atoms. The molecule has 0 aromatic rings. The van der Waals surface area contributed by atoms with E-state index >= 15 is 0 Å². The van der Waals surface area contributed by atoms with E-state index in [1.807, 2.05) is 11.8 Å². The van der Waals surface area contributed by atoms with Crippen molar-refractivity contribution in [3.8, 4) is 0 Å². The van der Waals surface area contributed by atoms with Gasteiger partial charge in [-0.25, -0.2) is 0 Å². The minimum Gasteiger partial charge on any atom is -0.130 e. The van der Waals surface area contributed by atoms with Crippen LogP contribution in [0.3, 0.4) is 0 Å². The van der Waals surface area contributed by atoms with Gasteiger partial charge in [0.25, 0.3) is 0 Å². The second kappa shape index (κ2) is 3.11. The van der Waals surface area contributed by atoms with Crippen LogP contribution in [-0.4, -0.2) is 6.26 Å². The third kappa shape index (κ3) is 1.90. The standard InChI is InChI=1S/C8H11S/c1-7-4-3-5-8(6-7)9-2/h4-6H,3H2,1-2H3. The highest BCUT2D eigenvalue weighted by Crippen LogP contribution is 2.22. The zero-order chi connectivity index (χ0) is 6.69. The van der Waals surface area contributed by atoms with Crippen LogP contribution in [0, 0.1) is 6.42 Å². The number of allylic oxidation sites excluding steroid dienone is 3. The van der Waals surface area contributed by atoms with E-state index in [0.717, 1.165) is 6.42 Å². The fourth-order valence-corrected chi connectivity index (χ4v) is 1.41. The molecule has 0 heterocycles. The molecule has 0 nitrogen and oxygen atoms in total. The van der Waals surface area contributed by atoms with Crippen LogP contribution in [0.5, 0.6) is 0 Å². The Balaban J connectivity index is 2.63. The maximum Gasteiger partial charge on any atom is 0.00289 e. The van der Waals surface area contributed by atoms with Crippen LogP contribution in [0.1, 0.15) is 13.3 Å². The summed E-state index contributed by atoms with van der Waals surface area (Å²) in [5.41, 5.74) is 1.39. The van der Waals surface area contributed by atoms with E-state index in [1.54, 1.807) is 0 Å². The van der Waals surface area contributed by atoms with E-state index in [1.165, 1.54) is 10.5 Å². The molecule has 1 radical (unpaired) electrons. The lowest BCUT2D eigenvalue weighted by atomic mass is 10.1. The van der Waals surface area contributed by atoms with Crippen molar-refractivity contribution in [2.45, 2.75) is 13.3 Å². The van der Waals surface area contributed by atoms with Crippen molar-refractivity contribution in [2.75, 3.05) is 6.26 Å². The monoisotopic (exact) mass is 139 g/mol. The van der Waals surface area contributed by atoms with Gasteiger partial charge in [-0.1, -0.05) is 11.6 Å². The van der Waals surface area contributed by atoms with Crippen LogP contribution in [0.4, 0.5) is 0 Å². The van der Waals surface area contributed by atoms with Gasteiger partial charge in [0, 0.05) is 4.91 Å². The molecule has 1 rings (SSSR count). The maximum absolute atomic E-state index is 2.25. The fraction of sp³-hybridized carbons (Fsp3) is 0.375. The zero-order valence-electron chi connectivity index (χ0n) is 5.85. The van der Waals surface area contributed by atoms with Gasteiger partial charge in [0.2, 0.25) is 0 Å². The predicted octanol–water partition coefficient (Wildman–Crippen LogP) is 2.79. The molecule has 0 spiro atoms. The molecule has 0 amide bonds. The molecule has 9 heavy (non-hydrogen) atoms. The number of rotatable bonds is 1. The lowest BCUT2D eigenvalue weighted by Gasteiger charge is -2.06. The van der Waals surface area contributed by atoms with Gasteiger partial charge in [0.1, 0.15) is 0 Å². The number of thioether (sulfide) groups is 1. The quantitative estimate of drug-likeness (QED) is 0.538. The van der Waals surface area contributed by atoms with Gasteiger partial charge in [-0.05, 0) is 32.1 Å². The summed E-state index contributed by atoms with van der Waals surface area (Å²) in [5, 5.41) is 0. The molecule has 49 valence electrons. The maximum atomic E-state index is 2.25. The first-order valence-electron chi connectivity index (χ1n) is 3.08. The molecule has 0 atom stereocenters. The normalized spacial score (nSPS) is 18.9. The van der Waals surface area contributed by atoms with E-state index in [4.69, 9.17) is 0 Å². The minimum atomic E-state index is 1.11. The molecule has 1 aliphatic carbocycles. The highest BCUT2D eigenvalue weighted by molar-refractivity contribution is 8.02. The molecule has 0 aliphatic heterocycles. The first-order valence-corrected chi connectivity index (χ1v) is 4.31. The van der Waals surface area contributed by atoms with Crippen LogP contribution >= 0.6 is 11.8 Å². The van der Waals surface area contributed by atoms with E-state index < -0.39 is 0 Å². The summed E-state index contributed by atoms with van der Waals surface area (Å²) < 4.78 is 0. The first-order chi connectivity index (χ1) is 4.33. The van der Waals surface area contributed by atoms with E-state index in [-0.39, 0.29) is 0 Å². The Morgan fingerprint density at radius 3 is 2.78 bits per heavy atom. The Kier molecular flexibility index (Phi) is 2.40. The van der Waals surface area contributed by atoms with Crippen molar-refractivity contribution in [1.82, 2.24) is 0 Å². The van der Waals surface area contributed by atoms with Gasteiger partial charge in [0.15, 0.2) is 0 Å². The van der Waals surface area contributed by atoms with Crippen LogP contribution in [0.2, 0.25) is 0 Å². The highest BCUT2D eigenvalue weighted by Gasteiger charge is 1.98. The van der Waals surface area contributed by atoms with Gasteiger partial charge in [-0.15, -0.1) is 11.8 Å². The Morgan fingerprint density at radius 2 is 2.33 bits per heavy atom. The number of hydrogen-bond donors (Lipinski definition) is 0. The second-order valence-corrected chi connectivity index (χ2v) is 3.02. The molecular formula is C8H11S. The van der Waals surface area contributed by atoms with E-state index in [9.17, 15) is 0 Å². The Hall–Kier alpha value is -0.170. The van der Waals surface area contributed by atoms with Crippen LogP contribution in [0.25, 0.3) is 0 Å². The molecule has 0 saturated carbocycles. The van der Waals surface area contributed by atoms with Gasteiger partial charge < -0.3 is 0 Å². The summed E-state index contributed by atoms with van der Waals surface area (Å²) >= 11 is 1.81. The lowest BCUT2D eigenvalue weighted by Crippen LogP contribution is -1.85. The van der Waals surface area contributed by atoms with Crippen molar-refractivity contribution >= 4 is 11.8 Å². The van der Waals surface area contributed by atoms with Crippen molar-refractivity contribution < 1.29 is 0 Å². The molecule has 1 heteroatoms. The second-order valence-electron chi connectivity index (χ2n) is 2.14. The van der Waals surface area contributed by atoms with Crippen molar-refractivity contribution in [2.24, 2.45) is 0 Å². The average molecular weight is 139 g/mol. The lowest BCUT2D eigenvalue weighted by molar-refractivity contribution is 1.18. The van der Waals surface area contributed by atoms with Crippen LogP contribution in [0.15, 0.2) is 22.6 Å². The van der Waals surface area contributed by atoms with E-state index in [2.05, 4.69) is 31.8 Å². The van der Waals surface area contributed by atoms with Crippen LogP contribution < -0.4 is 0 Å². The van der Waals surface area contributed by atoms with Gasteiger partial charge in [-0.3, -0.25) is 0 Å². The molecule has 0 saturated heterocycles. The summed E-state index contributed by atoms with van der Waals surface area (Å²) in [7, 11) is 0. The van der Waals surface area contributed by atoms with Gasteiger partial charge in [0.05, 0.1) is 0 Å². The topological polar surface area (TPSA) is 0 Å². The SMILES string of the molecule is CSC1=CC[CH]C(C)=C1. The molecule has 0 unspecified atom stereocenters. The first kappa shape index (κ1) is 6.94. The summed E-state index contributed by atoms with van der Waals surface area (Å²) in [6, 6.07) is 0. The molecule has 0 N–H and O–H groups in total.